The Kier molecular flexibility index (Phi) is 6.13. The number of aliphatic imine (C=N–C) groups is 1. The summed E-state index contributed by atoms with van der Waals surface area (Å²) in [5.41, 5.74) is 3.87. The van der Waals surface area contributed by atoms with Gasteiger partial charge in [-0.25, -0.2) is 9.79 Å². The molecular formula is C26H23NO4. The van der Waals surface area contributed by atoms with E-state index in [9.17, 15) is 4.79 Å². The molecular weight excluding hydrogens is 390 g/mol. The Bertz CT molecular complexity index is 1160. The zero-order valence-electron chi connectivity index (χ0n) is 17.5. The van der Waals surface area contributed by atoms with Crippen molar-refractivity contribution in [1.82, 2.24) is 0 Å². The predicted octanol–water partition coefficient (Wildman–Crippen LogP) is 5.11. The molecule has 0 aromatic heterocycles. The average Bonchev–Trinajstić information content (AvgIpc) is 3.13. The number of aryl methyl sites for hydroxylation is 2. The van der Waals surface area contributed by atoms with Crippen molar-refractivity contribution in [2.45, 2.75) is 13.8 Å². The largest absolute Gasteiger partial charge is 0.490 e. The van der Waals surface area contributed by atoms with Crippen molar-refractivity contribution in [1.29, 1.82) is 0 Å². The number of carbonyl (C=O) groups is 1. The minimum absolute atomic E-state index is 0.241. The van der Waals surface area contributed by atoms with Crippen LogP contribution in [0.1, 0.15) is 22.3 Å². The molecule has 0 unspecified atom stereocenters. The van der Waals surface area contributed by atoms with Gasteiger partial charge in [-0.05, 0) is 49.2 Å². The Morgan fingerprint density at radius 3 is 2.16 bits per heavy atom. The van der Waals surface area contributed by atoms with E-state index in [0.29, 0.717) is 24.9 Å². The predicted molar refractivity (Wildman–Crippen MR) is 120 cm³/mol. The standard InChI is InChI=1S/C26H23NO4/c1-18-9-3-6-12-21(18)25-27-22(26(28)31-25)17-20-11-5-8-14-24(20)30-16-15-29-23-13-7-4-10-19(23)2/h3-14,17H,15-16H2,1-2H3/b22-17+. The Morgan fingerprint density at radius 1 is 0.806 bits per heavy atom. The molecule has 1 aliphatic heterocycles. The molecule has 0 spiro atoms. The van der Waals surface area contributed by atoms with E-state index in [1.54, 1.807) is 6.08 Å². The highest BCUT2D eigenvalue weighted by Gasteiger charge is 2.25. The van der Waals surface area contributed by atoms with Crippen LogP contribution in [0.3, 0.4) is 0 Å². The summed E-state index contributed by atoms with van der Waals surface area (Å²) in [5, 5.41) is 0. The summed E-state index contributed by atoms with van der Waals surface area (Å²) in [6, 6.07) is 23.0. The molecule has 3 aromatic carbocycles. The molecule has 4 rings (SSSR count). The lowest BCUT2D eigenvalue weighted by atomic mass is 10.1. The first-order valence-electron chi connectivity index (χ1n) is 10.1. The summed E-state index contributed by atoms with van der Waals surface area (Å²) < 4.78 is 17.1. The third-order valence-corrected chi connectivity index (χ3v) is 4.90. The van der Waals surface area contributed by atoms with Crippen molar-refractivity contribution in [3.8, 4) is 11.5 Å². The van der Waals surface area contributed by atoms with Gasteiger partial charge in [0.2, 0.25) is 5.90 Å². The minimum Gasteiger partial charge on any atom is -0.490 e. The Hall–Kier alpha value is -3.86. The lowest BCUT2D eigenvalue weighted by Crippen LogP contribution is -2.10. The van der Waals surface area contributed by atoms with Crippen molar-refractivity contribution in [3.63, 3.8) is 0 Å². The lowest BCUT2D eigenvalue weighted by Gasteiger charge is -2.11. The maximum absolute atomic E-state index is 12.4. The number of esters is 1. The van der Waals surface area contributed by atoms with Gasteiger partial charge in [0.05, 0.1) is 0 Å². The van der Waals surface area contributed by atoms with Gasteiger partial charge < -0.3 is 14.2 Å². The topological polar surface area (TPSA) is 57.1 Å². The molecule has 0 atom stereocenters. The second-order valence-electron chi connectivity index (χ2n) is 7.15. The maximum atomic E-state index is 12.4. The van der Waals surface area contributed by atoms with E-state index >= 15 is 0 Å². The first kappa shape index (κ1) is 20.4. The fraction of sp³-hybridized carbons (Fsp3) is 0.154. The van der Waals surface area contributed by atoms with Gasteiger partial charge in [0.1, 0.15) is 24.7 Å². The van der Waals surface area contributed by atoms with Crippen LogP contribution in [-0.4, -0.2) is 25.1 Å². The normalized spacial score (nSPS) is 14.3. The highest BCUT2D eigenvalue weighted by Crippen LogP contribution is 2.25. The maximum Gasteiger partial charge on any atom is 0.363 e. The van der Waals surface area contributed by atoms with E-state index in [4.69, 9.17) is 14.2 Å². The van der Waals surface area contributed by atoms with Crippen LogP contribution < -0.4 is 9.47 Å². The third-order valence-electron chi connectivity index (χ3n) is 4.90. The number of hydrogen-bond donors (Lipinski definition) is 0. The molecule has 0 saturated carbocycles. The molecule has 0 saturated heterocycles. The number of hydrogen-bond acceptors (Lipinski definition) is 5. The van der Waals surface area contributed by atoms with Gasteiger partial charge >= 0.3 is 5.97 Å². The molecule has 31 heavy (non-hydrogen) atoms. The van der Waals surface area contributed by atoms with Gasteiger partial charge in [-0.1, -0.05) is 54.6 Å². The summed E-state index contributed by atoms with van der Waals surface area (Å²) in [6.45, 7) is 4.74. The second-order valence-corrected chi connectivity index (χ2v) is 7.15. The van der Waals surface area contributed by atoms with Crippen LogP contribution in [-0.2, 0) is 9.53 Å². The van der Waals surface area contributed by atoms with Crippen molar-refractivity contribution < 1.29 is 19.0 Å². The molecule has 5 nitrogen and oxygen atoms in total. The summed E-state index contributed by atoms with van der Waals surface area (Å²) in [7, 11) is 0. The van der Waals surface area contributed by atoms with Crippen LogP contribution in [0.2, 0.25) is 0 Å². The Balaban J connectivity index is 1.47. The summed E-state index contributed by atoms with van der Waals surface area (Å²) in [4.78, 5) is 16.8. The first-order valence-corrected chi connectivity index (χ1v) is 10.1. The highest BCUT2D eigenvalue weighted by molar-refractivity contribution is 6.13. The fourth-order valence-electron chi connectivity index (χ4n) is 3.24. The van der Waals surface area contributed by atoms with E-state index < -0.39 is 5.97 Å². The van der Waals surface area contributed by atoms with Gasteiger partial charge in [-0.3, -0.25) is 0 Å². The van der Waals surface area contributed by atoms with Crippen molar-refractivity contribution in [2.75, 3.05) is 13.2 Å². The average molecular weight is 413 g/mol. The molecule has 156 valence electrons. The molecule has 1 aliphatic rings. The van der Waals surface area contributed by atoms with E-state index in [1.165, 1.54) is 0 Å². The van der Waals surface area contributed by atoms with Gasteiger partial charge in [-0.15, -0.1) is 0 Å². The van der Waals surface area contributed by atoms with Crippen LogP contribution in [0, 0.1) is 13.8 Å². The zero-order chi connectivity index (χ0) is 21.6. The quantitative estimate of drug-likeness (QED) is 0.307. The van der Waals surface area contributed by atoms with Gasteiger partial charge in [0, 0.05) is 11.1 Å². The molecule has 0 bridgehead atoms. The van der Waals surface area contributed by atoms with Crippen LogP contribution in [0.25, 0.3) is 6.08 Å². The number of ether oxygens (including phenoxy) is 3. The number of para-hydroxylation sites is 2. The van der Waals surface area contributed by atoms with Crippen LogP contribution >= 0.6 is 0 Å². The highest BCUT2D eigenvalue weighted by atomic mass is 16.6. The molecule has 3 aromatic rings. The molecule has 0 aliphatic carbocycles. The molecule has 0 amide bonds. The SMILES string of the molecule is Cc1ccccc1OCCOc1ccccc1/C=C1/N=C(c2ccccc2C)OC1=O. The number of benzene rings is 3. The van der Waals surface area contributed by atoms with Crippen LogP contribution in [0.4, 0.5) is 0 Å². The molecule has 0 fully saturated rings. The lowest BCUT2D eigenvalue weighted by molar-refractivity contribution is -0.129. The first-order chi connectivity index (χ1) is 15.1. The number of rotatable bonds is 7. The van der Waals surface area contributed by atoms with Gasteiger partial charge in [0.15, 0.2) is 5.70 Å². The monoisotopic (exact) mass is 413 g/mol. The smallest absolute Gasteiger partial charge is 0.363 e. The Labute approximate surface area is 181 Å². The number of carbonyl (C=O) groups excluding carboxylic acids is 1. The molecule has 0 N–H and O–H groups in total. The molecule has 0 radical (unpaired) electrons. The van der Waals surface area contributed by atoms with E-state index in [0.717, 1.165) is 28.0 Å². The summed E-state index contributed by atoms with van der Waals surface area (Å²) in [5.74, 6) is 1.33. The van der Waals surface area contributed by atoms with E-state index in [-0.39, 0.29) is 5.70 Å². The molecule has 5 heteroatoms. The summed E-state index contributed by atoms with van der Waals surface area (Å²) >= 11 is 0. The zero-order valence-corrected chi connectivity index (χ0v) is 17.5. The van der Waals surface area contributed by atoms with Gasteiger partial charge in [-0.2, -0.15) is 0 Å². The molecule has 1 heterocycles. The minimum atomic E-state index is -0.476. The van der Waals surface area contributed by atoms with Crippen LogP contribution in [0.15, 0.2) is 83.5 Å². The fourth-order valence-corrected chi connectivity index (χ4v) is 3.24. The van der Waals surface area contributed by atoms with E-state index in [1.807, 2.05) is 86.6 Å². The summed E-state index contributed by atoms with van der Waals surface area (Å²) in [6.07, 6.45) is 1.69. The second kappa shape index (κ2) is 9.30. The third kappa shape index (κ3) is 4.83. The Morgan fingerprint density at radius 2 is 1.42 bits per heavy atom. The number of cyclic esters (lactones) is 1. The van der Waals surface area contributed by atoms with Crippen molar-refractivity contribution in [3.05, 3.63) is 101 Å². The van der Waals surface area contributed by atoms with Crippen LogP contribution in [0.5, 0.6) is 11.5 Å². The van der Waals surface area contributed by atoms with Crippen molar-refractivity contribution in [2.24, 2.45) is 4.99 Å². The number of nitrogens with zero attached hydrogens (tertiary/aromatic N) is 1. The van der Waals surface area contributed by atoms with Crippen molar-refractivity contribution >= 4 is 17.9 Å². The van der Waals surface area contributed by atoms with Gasteiger partial charge in [0.25, 0.3) is 0 Å². The van der Waals surface area contributed by atoms with E-state index in [2.05, 4.69) is 4.99 Å².